The van der Waals surface area contributed by atoms with Gasteiger partial charge < -0.3 is 4.74 Å². The summed E-state index contributed by atoms with van der Waals surface area (Å²) in [7, 11) is -0.710. The Morgan fingerprint density at radius 1 is 0.735 bits per heavy atom. The minimum absolute atomic E-state index is 0.113. The Balaban J connectivity index is 1.45. The van der Waals surface area contributed by atoms with Crippen LogP contribution in [0.25, 0.3) is 0 Å². The Morgan fingerprint density at radius 3 is 2.03 bits per heavy atom. The van der Waals surface area contributed by atoms with E-state index in [4.69, 9.17) is 9.73 Å². The van der Waals surface area contributed by atoms with E-state index in [0.717, 1.165) is 12.3 Å². The van der Waals surface area contributed by atoms with Crippen LogP contribution in [0.3, 0.4) is 0 Å². The van der Waals surface area contributed by atoms with Gasteiger partial charge in [0.2, 0.25) is 0 Å². The summed E-state index contributed by atoms with van der Waals surface area (Å²) in [5, 5.41) is 4.07. The second-order valence-corrected chi connectivity index (χ2v) is 11.8. The smallest absolute Gasteiger partial charge is 0.194 e. The molecule has 1 heterocycles. The Kier molecular flexibility index (Phi) is 5.35. The Morgan fingerprint density at radius 2 is 1.32 bits per heavy atom. The molecule has 0 amide bonds. The molecule has 34 heavy (non-hydrogen) atoms. The molecule has 0 saturated carbocycles. The number of rotatable bonds is 5. The molecule has 0 unspecified atom stereocenters. The zero-order chi connectivity index (χ0) is 23.1. The summed E-state index contributed by atoms with van der Waals surface area (Å²) in [6.45, 7) is 4.53. The van der Waals surface area contributed by atoms with Gasteiger partial charge in [0.15, 0.2) is 5.90 Å². The van der Waals surface area contributed by atoms with Crippen LogP contribution in [-0.2, 0) is 16.6 Å². The molecule has 0 fully saturated rings. The van der Waals surface area contributed by atoms with Crippen LogP contribution in [0.5, 0.6) is 0 Å². The van der Waals surface area contributed by atoms with Crippen LogP contribution in [0.1, 0.15) is 36.6 Å². The van der Waals surface area contributed by atoms with Gasteiger partial charge in [0.05, 0.1) is 5.41 Å². The monoisotopic (exact) mass is 461 g/mol. The maximum atomic E-state index is 6.59. The lowest BCUT2D eigenvalue weighted by molar-refractivity contribution is 0.192. The number of fused-ring (bicyclic) bond motifs is 3. The van der Waals surface area contributed by atoms with E-state index < -0.39 is 7.92 Å². The Hall–Kier alpha value is -3.22. The summed E-state index contributed by atoms with van der Waals surface area (Å²) in [6.07, 6.45) is 1.05. The van der Waals surface area contributed by atoms with Crippen LogP contribution in [-0.4, -0.2) is 12.0 Å². The van der Waals surface area contributed by atoms with Crippen molar-refractivity contribution in [1.29, 1.82) is 0 Å². The summed E-state index contributed by atoms with van der Waals surface area (Å²) < 4.78 is 6.59. The van der Waals surface area contributed by atoms with E-state index in [9.17, 15) is 0 Å². The zero-order valence-corrected chi connectivity index (χ0v) is 20.5. The summed E-state index contributed by atoms with van der Waals surface area (Å²) in [5.41, 5.74) is 3.65. The molecule has 2 aliphatic rings. The first-order chi connectivity index (χ1) is 16.6. The third-order valence-electron chi connectivity index (χ3n) is 7.05. The normalized spacial score (nSPS) is 18.9. The number of hydrogen-bond donors (Lipinski definition) is 0. The first-order valence-corrected chi connectivity index (χ1v) is 13.3. The highest BCUT2D eigenvalue weighted by atomic mass is 31.1. The molecule has 0 bridgehead atoms. The van der Waals surface area contributed by atoms with Gasteiger partial charge >= 0.3 is 0 Å². The van der Waals surface area contributed by atoms with E-state index in [-0.39, 0.29) is 17.6 Å². The van der Waals surface area contributed by atoms with Gasteiger partial charge in [0.1, 0.15) is 12.1 Å². The maximum Gasteiger partial charge on any atom is 0.194 e. The van der Waals surface area contributed by atoms with Crippen molar-refractivity contribution in [3.8, 4) is 0 Å². The van der Waals surface area contributed by atoms with Crippen molar-refractivity contribution in [3.63, 3.8) is 0 Å². The highest BCUT2D eigenvalue weighted by molar-refractivity contribution is 7.79. The van der Waals surface area contributed by atoms with Crippen LogP contribution in [0.15, 0.2) is 114 Å². The number of aliphatic imine (C=N–C) groups is 1. The second-order valence-electron chi connectivity index (χ2n) is 9.59. The minimum atomic E-state index is -0.710. The van der Waals surface area contributed by atoms with Crippen molar-refractivity contribution < 1.29 is 4.74 Å². The lowest BCUT2D eigenvalue weighted by atomic mass is 9.84. The number of ether oxygens (including phenoxy) is 1. The molecule has 0 aromatic heterocycles. The van der Waals surface area contributed by atoms with E-state index in [2.05, 4.69) is 123 Å². The van der Waals surface area contributed by atoms with E-state index in [0.29, 0.717) is 0 Å². The van der Waals surface area contributed by atoms with Gasteiger partial charge in [-0.3, -0.25) is 0 Å². The average molecular weight is 462 g/mol. The predicted molar refractivity (Wildman–Crippen MR) is 143 cm³/mol. The third kappa shape index (κ3) is 3.58. The molecule has 6 rings (SSSR count). The van der Waals surface area contributed by atoms with E-state index >= 15 is 0 Å². The molecular weight excluding hydrogens is 433 g/mol. The summed E-state index contributed by atoms with van der Waals surface area (Å²) in [4.78, 5) is 5.19. The van der Waals surface area contributed by atoms with Gasteiger partial charge in [-0.15, -0.1) is 0 Å². The fraction of sp³-hybridized carbons (Fsp3) is 0.194. The fourth-order valence-corrected chi connectivity index (χ4v) is 7.92. The zero-order valence-electron chi connectivity index (χ0n) is 19.6. The first kappa shape index (κ1) is 21.3. The molecule has 1 aliphatic heterocycles. The number of benzene rings is 4. The molecule has 2 atom stereocenters. The molecule has 0 N–H and O–H groups in total. The van der Waals surface area contributed by atoms with Crippen molar-refractivity contribution in [2.75, 3.05) is 0 Å². The van der Waals surface area contributed by atoms with Gasteiger partial charge in [-0.05, 0) is 54.4 Å². The summed E-state index contributed by atoms with van der Waals surface area (Å²) in [6, 6.07) is 39.4. The highest BCUT2D eigenvalue weighted by Gasteiger charge is 2.44. The molecule has 0 radical (unpaired) electrons. The molecule has 2 nitrogen and oxygen atoms in total. The predicted octanol–water partition coefficient (Wildman–Crippen LogP) is 5.82. The third-order valence-corrected chi connectivity index (χ3v) is 9.55. The van der Waals surface area contributed by atoms with E-state index in [1.165, 1.54) is 32.6 Å². The average Bonchev–Trinajstić information content (AvgIpc) is 3.45. The van der Waals surface area contributed by atoms with E-state index in [1.807, 2.05) is 0 Å². The van der Waals surface area contributed by atoms with Gasteiger partial charge in [-0.2, -0.15) is 0 Å². The first-order valence-electron chi connectivity index (χ1n) is 12.0. The number of hydrogen-bond acceptors (Lipinski definition) is 2. The Labute approximate surface area is 203 Å². The topological polar surface area (TPSA) is 21.6 Å². The van der Waals surface area contributed by atoms with Crippen LogP contribution in [0.2, 0.25) is 0 Å². The Bertz CT molecular complexity index is 1310. The molecule has 4 aromatic carbocycles. The molecular formula is C31H28NOP. The van der Waals surface area contributed by atoms with Gasteiger partial charge in [0.25, 0.3) is 0 Å². The summed E-state index contributed by atoms with van der Waals surface area (Å²) in [5.74, 6) is 0.862. The van der Waals surface area contributed by atoms with Gasteiger partial charge in [-0.25, -0.2) is 4.99 Å². The van der Waals surface area contributed by atoms with Crippen molar-refractivity contribution >= 4 is 29.7 Å². The standard InChI is InChI=1S/C31H28NOP/c1-31(2,30-32-29-25-18-10-9-13-22(25)21-27(29)33-30)26-19-11-12-20-28(26)34(23-14-5-3-6-15-23)24-16-7-4-8-17-24/h3-20,27,29H,21H2,1-2H3/t27-,29+/m1/s1. The second kappa shape index (κ2) is 8.53. The SMILES string of the molecule is CC(C)(C1=N[C@H]2c3ccccc3C[C@H]2O1)c1ccccc1P(c1ccccc1)c1ccccc1. The van der Waals surface area contributed by atoms with Crippen molar-refractivity contribution in [3.05, 3.63) is 126 Å². The van der Waals surface area contributed by atoms with Gasteiger partial charge in [-0.1, -0.05) is 109 Å². The highest BCUT2D eigenvalue weighted by Crippen LogP contribution is 2.44. The van der Waals surface area contributed by atoms with Crippen LogP contribution in [0, 0.1) is 0 Å². The molecule has 1 aliphatic carbocycles. The quantitative estimate of drug-likeness (QED) is 0.344. The van der Waals surface area contributed by atoms with Crippen molar-refractivity contribution in [2.24, 2.45) is 4.99 Å². The maximum absolute atomic E-state index is 6.59. The molecule has 168 valence electrons. The van der Waals surface area contributed by atoms with Crippen LogP contribution < -0.4 is 15.9 Å². The lowest BCUT2D eigenvalue weighted by Crippen LogP contribution is -2.37. The molecule has 3 heteroatoms. The molecule has 4 aromatic rings. The van der Waals surface area contributed by atoms with Crippen LogP contribution >= 0.6 is 7.92 Å². The van der Waals surface area contributed by atoms with Crippen molar-refractivity contribution in [2.45, 2.75) is 37.8 Å². The van der Waals surface area contributed by atoms with Crippen molar-refractivity contribution in [1.82, 2.24) is 0 Å². The molecule has 0 spiro atoms. The molecule has 0 saturated heterocycles. The lowest BCUT2D eigenvalue weighted by Gasteiger charge is -2.31. The largest absolute Gasteiger partial charge is 0.474 e. The van der Waals surface area contributed by atoms with Gasteiger partial charge in [0, 0.05) is 6.42 Å². The fourth-order valence-electron chi connectivity index (χ4n) is 5.30. The minimum Gasteiger partial charge on any atom is -0.474 e. The van der Waals surface area contributed by atoms with Crippen LogP contribution in [0.4, 0.5) is 0 Å². The summed E-state index contributed by atoms with van der Waals surface area (Å²) >= 11 is 0. The van der Waals surface area contributed by atoms with E-state index in [1.54, 1.807) is 0 Å². The number of nitrogens with zero attached hydrogens (tertiary/aromatic N) is 1.